The van der Waals surface area contributed by atoms with Crippen LogP contribution in [-0.4, -0.2) is 13.3 Å². The fourth-order valence-electron chi connectivity index (χ4n) is 6.01. The molecular weight excluding hydrogens is 470 g/mol. The Morgan fingerprint density at radius 1 is 0.784 bits per heavy atom. The number of fused-ring (bicyclic) bond motifs is 1. The van der Waals surface area contributed by atoms with Gasteiger partial charge in [-0.3, -0.25) is 4.98 Å². The quantitative estimate of drug-likeness (QED) is 0.236. The summed E-state index contributed by atoms with van der Waals surface area (Å²) in [4.78, 5) is 5.39. The van der Waals surface area contributed by atoms with Gasteiger partial charge in [-0.25, -0.2) is 0 Å². The van der Waals surface area contributed by atoms with Crippen LogP contribution in [0.5, 0.6) is 11.5 Å². The highest BCUT2D eigenvalue weighted by Crippen LogP contribution is 2.49. The highest BCUT2D eigenvalue weighted by Gasteiger charge is 2.55. The largest absolute Gasteiger partial charge is 0.457 e. The van der Waals surface area contributed by atoms with Crippen LogP contribution in [0.1, 0.15) is 69.4 Å². The Kier molecular flexibility index (Phi) is 6.25. The molecule has 4 aromatic rings. The minimum Gasteiger partial charge on any atom is -0.457 e. The second kappa shape index (κ2) is 9.59. The number of nitrogens with zero attached hydrogens (tertiary/aromatic N) is 1. The fraction of sp³-hybridized carbons (Fsp3) is 0.303. The number of hydrogen-bond acceptors (Lipinski definition) is 3. The molecule has 1 saturated carbocycles. The molecule has 1 aliphatic heterocycles. The number of pyridine rings is 1. The van der Waals surface area contributed by atoms with Crippen molar-refractivity contribution < 1.29 is 9.16 Å². The van der Waals surface area contributed by atoms with E-state index in [1.54, 1.807) is 0 Å². The van der Waals surface area contributed by atoms with Crippen molar-refractivity contribution in [3.8, 4) is 22.8 Å². The molecule has 0 saturated heterocycles. The maximum atomic E-state index is 7.32. The van der Waals surface area contributed by atoms with Gasteiger partial charge in [0.2, 0.25) is 8.32 Å². The van der Waals surface area contributed by atoms with E-state index in [0.29, 0.717) is 17.0 Å². The zero-order valence-electron chi connectivity index (χ0n) is 22.1. The van der Waals surface area contributed by atoms with Crippen LogP contribution in [0.25, 0.3) is 11.3 Å². The molecule has 1 fully saturated rings. The molecule has 0 amide bonds. The van der Waals surface area contributed by atoms with E-state index in [1.807, 2.05) is 30.3 Å². The zero-order chi connectivity index (χ0) is 25.6. The van der Waals surface area contributed by atoms with E-state index in [2.05, 4.69) is 88.4 Å². The van der Waals surface area contributed by atoms with E-state index in [9.17, 15) is 0 Å². The van der Waals surface area contributed by atoms with Gasteiger partial charge in [0, 0.05) is 22.4 Å². The molecule has 1 atom stereocenters. The number of rotatable bonds is 7. The van der Waals surface area contributed by atoms with Gasteiger partial charge in [0.1, 0.15) is 11.5 Å². The monoisotopic (exact) mass is 505 g/mol. The zero-order valence-corrected chi connectivity index (χ0v) is 23.1. The smallest absolute Gasteiger partial charge is 0.233 e. The molecule has 1 aliphatic carbocycles. The number of ether oxygens (including phenoxy) is 1. The summed E-state index contributed by atoms with van der Waals surface area (Å²) in [5, 5.41) is 1.40. The van der Waals surface area contributed by atoms with Crippen LogP contribution in [0, 0.1) is 0 Å². The first-order valence-corrected chi connectivity index (χ1v) is 15.6. The molecule has 0 bridgehead atoms. The maximum Gasteiger partial charge on any atom is 0.233 e. The van der Waals surface area contributed by atoms with Crippen molar-refractivity contribution in [1.82, 2.24) is 4.98 Å². The number of hydrogen-bond donors (Lipinski definition) is 0. The molecule has 0 spiro atoms. The van der Waals surface area contributed by atoms with Crippen molar-refractivity contribution in [3.05, 3.63) is 108 Å². The summed E-state index contributed by atoms with van der Waals surface area (Å²) in [5.74, 6) is 2.24. The molecule has 37 heavy (non-hydrogen) atoms. The van der Waals surface area contributed by atoms with Gasteiger partial charge in [-0.2, -0.15) is 0 Å². The molecule has 0 radical (unpaired) electrons. The van der Waals surface area contributed by atoms with Crippen molar-refractivity contribution in [2.45, 2.75) is 63.6 Å². The second-order valence-electron chi connectivity index (χ2n) is 11.1. The van der Waals surface area contributed by atoms with Gasteiger partial charge in [0.15, 0.2) is 0 Å². The summed E-state index contributed by atoms with van der Waals surface area (Å²) < 4.78 is 13.4. The molecule has 3 nitrogen and oxygen atoms in total. The fourth-order valence-corrected chi connectivity index (χ4v) is 11.0. The molecule has 1 aromatic heterocycles. The van der Waals surface area contributed by atoms with Crippen molar-refractivity contribution in [2.75, 3.05) is 0 Å². The van der Waals surface area contributed by atoms with Crippen LogP contribution in [0.2, 0.25) is 11.1 Å². The first-order valence-electron chi connectivity index (χ1n) is 13.6. The molecule has 188 valence electrons. The molecule has 2 heterocycles. The Morgan fingerprint density at radius 3 is 1.97 bits per heavy atom. The van der Waals surface area contributed by atoms with Crippen molar-refractivity contribution in [3.63, 3.8) is 0 Å². The van der Waals surface area contributed by atoms with Gasteiger partial charge in [-0.1, -0.05) is 76.2 Å². The number of para-hydroxylation sites is 1. The van der Waals surface area contributed by atoms with Crippen LogP contribution in [-0.2, 0) is 4.43 Å². The SMILES string of the molecule is CC(C)[Si]1(C(C)C)O[C@@H](c2ccccc2)c2cc(C3CC3)nc(-c3ccc(Oc4ccccc4)cc3)c21. The molecule has 6 rings (SSSR count). The van der Waals surface area contributed by atoms with Crippen LogP contribution in [0.4, 0.5) is 0 Å². The topological polar surface area (TPSA) is 31.4 Å². The van der Waals surface area contributed by atoms with E-state index < -0.39 is 8.32 Å². The average molecular weight is 506 g/mol. The molecular formula is C33H35NO2Si. The molecule has 3 aromatic carbocycles. The van der Waals surface area contributed by atoms with Gasteiger partial charge < -0.3 is 9.16 Å². The van der Waals surface area contributed by atoms with E-state index in [1.165, 1.54) is 34.8 Å². The predicted octanol–water partition coefficient (Wildman–Crippen LogP) is 8.51. The van der Waals surface area contributed by atoms with E-state index >= 15 is 0 Å². The highest BCUT2D eigenvalue weighted by molar-refractivity contribution is 6.90. The van der Waals surface area contributed by atoms with Gasteiger partial charge in [-0.05, 0) is 77.5 Å². The summed E-state index contributed by atoms with van der Waals surface area (Å²) in [6.45, 7) is 9.38. The summed E-state index contributed by atoms with van der Waals surface area (Å²) in [7, 11) is -2.39. The Labute approximate surface area is 221 Å². The van der Waals surface area contributed by atoms with Gasteiger partial charge >= 0.3 is 0 Å². The summed E-state index contributed by atoms with van der Waals surface area (Å²) in [6, 6.07) is 31.6. The maximum absolute atomic E-state index is 7.32. The van der Waals surface area contributed by atoms with Gasteiger partial charge in [-0.15, -0.1) is 0 Å². The Balaban J connectivity index is 1.51. The third kappa shape index (κ3) is 4.32. The highest BCUT2D eigenvalue weighted by atomic mass is 28.4. The molecule has 0 unspecified atom stereocenters. The lowest BCUT2D eigenvalue weighted by Crippen LogP contribution is -2.53. The summed E-state index contributed by atoms with van der Waals surface area (Å²) in [5.41, 5.74) is 6.93. The number of benzene rings is 3. The summed E-state index contributed by atoms with van der Waals surface area (Å²) in [6.07, 6.45) is 2.42. The van der Waals surface area contributed by atoms with Crippen LogP contribution in [0.15, 0.2) is 91.0 Å². The molecule has 0 N–H and O–H groups in total. The third-order valence-corrected chi connectivity index (χ3v) is 13.3. The minimum atomic E-state index is -2.39. The first kappa shape index (κ1) is 24.1. The summed E-state index contributed by atoms with van der Waals surface area (Å²) >= 11 is 0. The van der Waals surface area contributed by atoms with Crippen LogP contribution in [0.3, 0.4) is 0 Å². The van der Waals surface area contributed by atoms with Gasteiger partial charge in [0.05, 0.1) is 11.8 Å². The van der Waals surface area contributed by atoms with Crippen molar-refractivity contribution in [2.24, 2.45) is 0 Å². The van der Waals surface area contributed by atoms with Crippen LogP contribution < -0.4 is 9.92 Å². The standard InChI is InChI=1S/C33H35NO2Si/c1-22(2)37(23(3)4)33-29(32(36-37)26-11-7-5-8-12-26)21-30(24-15-16-24)34-31(33)25-17-19-28(20-18-25)35-27-13-9-6-10-14-27/h5-14,17-24,32H,15-16H2,1-4H3/t32-/m0/s1. The molecule has 4 heteroatoms. The third-order valence-electron chi connectivity index (χ3n) is 7.98. The normalized spacial score (nSPS) is 18.3. The van der Waals surface area contributed by atoms with Crippen LogP contribution >= 0.6 is 0 Å². The lowest BCUT2D eigenvalue weighted by Gasteiger charge is -2.36. The Morgan fingerprint density at radius 2 is 1.38 bits per heavy atom. The Bertz CT molecular complexity index is 1370. The minimum absolute atomic E-state index is 0.0346. The lowest BCUT2D eigenvalue weighted by atomic mass is 9.98. The lowest BCUT2D eigenvalue weighted by molar-refractivity contribution is 0.243. The second-order valence-corrected chi connectivity index (χ2v) is 15.7. The first-order chi connectivity index (χ1) is 18.0. The van der Waals surface area contributed by atoms with E-state index in [0.717, 1.165) is 22.8 Å². The average Bonchev–Trinajstić information content (AvgIpc) is 3.70. The van der Waals surface area contributed by atoms with Crippen molar-refractivity contribution >= 4 is 13.5 Å². The van der Waals surface area contributed by atoms with Crippen molar-refractivity contribution in [1.29, 1.82) is 0 Å². The molecule has 2 aliphatic rings. The Hall–Kier alpha value is -3.21. The van der Waals surface area contributed by atoms with E-state index in [4.69, 9.17) is 14.1 Å². The predicted molar refractivity (Wildman–Crippen MR) is 153 cm³/mol. The number of aromatic nitrogens is 1. The van der Waals surface area contributed by atoms with Gasteiger partial charge in [0.25, 0.3) is 0 Å². The van der Waals surface area contributed by atoms with E-state index in [-0.39, 0.29) is 6.10 Å².